The minimum Gasteiger partial charge on any atom is -0.339 e. The standard InChI is InChI=1S/C22H27ClN4O2/c1-3-26(4-2)21(28)16-8-10-18(11-9-16)25-20-19(23)14-17(15-24-20)22(29)27-12-6-5-7-13-27/h8-11,14-15H,3-7,12-13H2,1-2H3,(H,24,25). The minimum atomic E-state index is -0.0232. The molecule has 1 N–H and O–H groups in total. The Labute approximate surface area is 176 Å². The predicted molar refractivity (Wildman–Crippen MR) is 116 cm³/mol. The number of hydrogen-bond donors (Lipinski definition) is 1. The second-order valence-corrected chi connectivity index (χ2v) is 7.49. The SMILES string of the molecule is CCN(CC)C(=O)c1ccc(Nc2ncc(C(=O)N3CCCCC3)cc2Cl)cc1. The molecule has 0 aliphatic carbocycles. The van der Waals surface area contributed by atoms with Gasteiger partial charge in [-0.25, -0.2) is 4.98 Å². The number of piperidine rings is 1. The molecule has 2 aromatic rings. The zero-order valence-corrected chi connectivity index (χ0v) is 17.7. The van der Waals surface area contributed by atoms with Gasteiger partial charge in [-0.3, -0.25) is 9.59 Å². The maximum absolute atomic E-state index is 12.6. The molecule has 2 amide bonds. The maximum atomic E-state index is 12.6. The molecule has 1 fully saturated rings. The molecule has 0 atom stereocenters. The number of pyridine rings is 1. The van der Waals surface area contributed by atoms with Crippen LogP contribution in [-0.4, -0.2) is 52.8 Å². The van der Waals surface area contributed by atoms with Crippen molar-refractivity contribution in [1.82, 2.24) is 14.8 Å². The number of rotatable bonds is 6. The molecule has 0 bridgehead atoms. The van der Waals surface area contributed by atoms with Crippen LogP contribution in [0.1, 0.15) is 53.8 Å². The number of amides is 2. The quantitative estimate of drug-likeness (QED) is 0.750. The van der Waals surface area contributed by atoms with Gasteiger partial charge < -0.3 is 15.1 Å². The van der Waals surface area contributed by atoms with Crippen LogP contribution in [0.5, 0.6) is 0 Å². The zero-order chi connectivity index (χ0) is 20.8. The number of benzene rings is 1. The van der Waals surface area contributed by atoms with E-state index in [4.69, 9.17) is 11.6 Å². The van der Waals surface area contributed by atoms with E-state index in [1.54, 1.807) is 29.3 Å². The number of aromatic nitrogens is 1. The second kappa shape index (κ2) is 9.74. The lowest BCUT2D eigenvalue weighted by Gasteiger charge is -2.26. The molecule has 1 aromatic heterocycles. The van der Waals surface area contributed by atoms with Gasteiger partial charge in [-0.2, -0.15) is 0 Å². The highest BCUT2D eigenvalue weighted by Gasteiger charge is 2.19. The Kier molecular flexibility index (Phi) is 7.09. The van der Waals surface area contributed by atoms with Crippen molar-refractivity contribution >= 4 is 34.9 Å². The third kappa shape index (κ3) is 5.07. The Morgan fingerprint density at radius 1 is 1.07 bits per heavy atom. The van der Waals surface area contributed by atoms with Crippen LogP contribution >= 0.6 is 11.6 Å². The van der Waals surface area contributed by atoms with Crippen molar-refractivity contribution < 1.29 is 9.59 Å². The summed E-state index contributed by atoms with van der Waals surface area (Å²) in [6.07, 6.45) is 4.81. The molecule has 1 aliphatic rings. The van der Waals surface area contributed by atoms with E-state index in [-0.39, 0.29) is 11.8 Å². The van der Waals surface area contributed by atoms with Crippen molar-refractivity contribution in [1.29, 1.82) is 0 Å². The first kappa shape index (κ1) is 21.1. The molecular formula is C22H27ClN4O2. The lowest BCUT2D eigenvalue weighted by Crippen LogP contribution is -2.35. The van der Waals surface area contributed by atoms with Gasteiger partial charge in [-0.15, -0.1) is 0 Å². The molecule has 0 radical (unpaired) electrons. The van der Waals surface area contributed by atoms with Crippen molar-refractivity contribution in [3.8, 4) is 0 Å². The molecule has 3 rings (SSSR count). The van der Waals surface area contributed by atoms with E-state index in [2.05, 4.69) is 10.3 Å². The molecule has 0 spiro atoms. The second-order valence-electron chi connectivity index (χ2n) is 7.09. The summed E-state index contributed by atoms with van der Waals surface area (Å²) < 4.78 is 0. The summed E-state index contributed by atoms with van der Waals surface area (Å²) in [4.78, 5) is 33.0. The van der Waals surface area contributed by atoms with E-state index < -0.39 is 0 Å². The van der Waals surface area contributed by atoms with Gasteiger partial charge in [0.2, 0.25) is 0 Å². The minimum absolute atomic E-state index is 0.0123. The summed E-state index contributed by atoms with van der Waals surface area (Å²) >= 11 is 6.37. The summed E-state index contributed by atoms with van der Waals surface area (Å²) in [6.45, 7) is 6.86. The third-order valence-electron chi connectivity index (χ3n) is 5.18. The van der Waals surface area contributed by atoms with Crippen LogP contribution in [0, 0.1) is 0 Å². The fourth-order valence-electron chi connectivity index (χ4n) is 3.45. The van der Waals surface area contributed by atoms with Gasteiger partial charge >= 0.3 is 0 Å². The highest BCUT2D eigenvalue weighted by Crippen LogP contribution is 2.25. The molecule has 1 aromatic carbocycles. The first-order chi connectivity index (χ1) is 14.0. The Hall–Kier alpha value is -2.60. The number of likely N-dealkylation sites (tertiary alicyclic amines) is 1. The van der Waals surface area contributed by atoms with E-state index in [1.807, 2.05) is 30.9 Å². The van der Waals surface area contributed by atoms with Gasteiger partial charge in [0.05, 0.1) is 10.6 Å². The fourth-order valence-corrected chi connectivity index (χ4v) is 3.67. The lowest BCUT2D eigenvalue weighted by atomic mass is 10.1. The Morgan fingerprint density at radius 2 is 1.72 bits per heavy atom. The van der Waals surface area contributed by atoms with E-state index in [0.717, 1.165) is 31.6 Å². The van der Waals surface area contributed by atoms with Crippen molar-refractivity contribution in [2.45, 2.75) is 33.1 Å². The Balaban J connectivity index is 1.68. The van der Waals surface area contributed by atoms with Crippen molar-refractivity contribution in [3.05, 3.63) is 52.7 Å². The number of hydrogen-bond acceptors (Lipinski definition) is 4. The number of nitrogens with zero attached hydrogens (tertiary/aromatic N) is 3. The smallest absolute Gasteiger partial charge is 0.255 e. The molecular weight excluding hydrogens is 388 g/mol. The largest absolute Gasteiger partial charge is 0.339 e. The van der Waals surface area contributed by atoms with Gasteiger partial charge in [0.15, 0.2) is 0 Å². The number of halogens is 1. The van der Waals surface area contributed by atoms with Gasteiger partial charge in [0.25, 0.3) is 11.8 Å². The Bertz CT molecular complexity index is 860. The van der Waals surface area contributed by atoms with Crippen LogP contribution in [0.2, 0.25) is 5.02 Å². The van der Waals surface area contributed by atoms with Crippen molar-refractivity contribution in [3.63, 3.8) is 0 Å². The number of carbonyl (C=O) groups excluding carboxylic acids is 2. The predicted octanol–water partition coefficient (Wildman–Crippen LogP) is 4.59. The van der Waals surface area contributed by atoms with Crippen LogP contribution in [0.3, 0.4) is 0 Å². The first-order valence-electron chi connectivity index (χ1n) is 10.1. The zero-order valence-electron chi connectivity index (χ0n) is 16.9. The van der Waals surface area contributed by atoms with Gasteiger partial charge in [0.1, 0.15) is 5.82 Å². The monoisotopic (exact) mass is 414 g/mol. The van der Waals surface area contributed by atoms with Crippen LogP contribution in [0.15, 0.2) is 36.5 Å². The molecule has 1 aliphatic heterocycles. The number of anilines is 2. The molecule has 2 heterocycles. The van der Waals surface area contributed by atoms with E-state index in [0.29, 0.717) is 35.1 Å². The summed E-state index contributed by atoms with van der Waals surface area (Å²) in [7, 11) is 0. The van der Waals surface area contributed by atoms with Gasteiger partial charge in [0, 0.05) is 43.6 Å². The number of carbonyl (C=O) groups is 2. The topological polar surface area (TPSA) is 65.5 Å². The third-order valence-corrected chi connectivity index (χ3v) is 5.46. The summed E-state index contributed by atoms with van der Waals surface area (Å²) in [5.74, 6) is 0.466. The normalized spacial score (nSPS) is 13.8. The molecule has 7 heteroatoms. The number of nitrogens with one attached hydrogen (secondary N) is 1. The van der Waals surface area contributed by atoms with Crippen molar-refractivity contribution in [2.24, 2.45) is 0 Å². The molecule has 0 saturated carbocycles. The van der Waals surface area contributed by atoms with Crippen LogP contribution in [0.4, 0.5) is 11.5 Å². The lowest BCUT2D eigenvalue weighted by molar-refractivity contribution is 0.0723. The van der Waals surface area contributed by atoms with E-state index in [1.165, 1.54) is 6.42 Å². The Morgan fingerprint density at radius 3 is 2.31 bits per heavy atom. The highest BCUT2D eigenvalue weighted by molar-refractivity contribution is 6.33. The summed E-state index contributed by atoms with van der Waals surface area (Å²) in [5, 5.41) is 3.53. The average molecular weight is 415 g/mol. The van der Waals surface area contributed by atoms with Crippen LogP contribution in [-0.2, 0) is 0 Å². The molecule has 0 unspecified atom stereocenters. The van der Waals surface area contributed by atoms with Crippen LogP contribution in [0.25, 0.3) is 0 Å². The first-order valence-corrected chi connectivity index (χ1v) is 10.5. The van der Waals surface area contributed by atoms with Gasteiger partial charge in [-0.05, 0) is 63.4 Å². The molecule has 6 nitrogen and oxygen atoms in total. The summed E-state index contributed by atoms with van der Waals surface area (Å²) in [6, 6.07) is 8.87. The molecule has 154 valence electrons. The summed E-state index contributed by atoms with van der Waals surface area (Å²) in [5.41, 5.74) is 1.91. The molecule has 29 heavy (non-hydrogen) atoms. The van der Waals surface area contributed by atoms with E-state index in [9.17, 15) is 9.59 Å². The van der Waals surface area contributed by atoms with E-state index >= 15 is 0 Å². The van der Waals surface area contributed by atoms with Gasteiger partial charge in [-0.1, -0.05) is 11.6 Å². The maximum Gasteiger partial charge on any atom is 0.255 e. The molecule has 1 saturated heterocycles. The highest BCUT2D eigenvalue weighted by atomic mass is 35.5. The fraction of sp³-hybridized carbons (Fsp3) is 0.409. The van der Waals surface area contributed by atoms with Crippen molar-refractivity contribution in [2.75, 3.05) is 31.5 Å². The van der Waals surface area contributed by atoms with Crippen LogP contribution < -0.4 is 5.32 Å². The average Bonchev–Trinajstić information content (AvgIpc) is 2.76.